The number of fused-ring (bicyclic) bond motifs is 1. The summed E-state index contributed by atoms with van der Waals surface area (Å²) >= 11 is 1.41. The van der Waals surface area contributed by atoms with Crippen molar-refractivity contribution in [1.82, 2.24) is 19.6 Å². The zero-order chi connectivity index (χ0) is 21.3. The lowest BCUT2D eigenvalue weighted by Gasteiger charge is -2.32. The standard InChI is InChI=1S/C21H24N4O4S/c1-13-6-7-25-15(11-14-12-24(8-9-29-14)21(27)28-3)19(23-18(25)10-13)16-4-5-17(30-16)20(26)22-2/h4-7,10,14H,8-9,11-12H2,1-3H3,(H,22,26)/t14-/m0/s1. The van der Waals surface area contributed by atoms with Crippen molar-refractivity contribution in [2.24, 2.45) is 0 Å². The molecule has 0 saturated carbocycles. The molecule has 9 heteroatoms. The molecule has 4 heterocycles. The van der Waals surface area contributed by atoms with E-state index in [-0.39, 0.29) is 18.1 Å². The van der Waals surface area contributed by atoms with Gasteiger partial charge in [0.05, 0.1) is 41.8 Å². The molecule has 0 spiro atoms. The third kappa shape index (κ3) is 3.90. The molecule has 0 unspecified atom stereocenters. The molecule has 0 aliphatic carbocycles. The van der Waals surface area contributed by atoms with Gasteiger partial charge in [0.15, 0.2) is 0 Å². The number of nitrogens with zero attached hydrogens (tertiary/aromatic N) is 3. The lowest BCUT2D eigenvalue weighted by molar-refractivity contribution is -0.0241. The Morgan fingerprint density at radius 2 is 2.20 bits per heavy atom. The third-order valence-corrected chi connectivity index (χ3v) is 6.25. The first kappa shape index (κ1) is 20.4. The monoisotopic (exact) mass is 428 g/mol. The van der Waals surface area contributed by atoms with Crippen LogP contribution in [-0.2, 0) is 15.9 Å². The van der Waals surface area contributed by atoms with Crippen molar-refractivity contribution in [1.29, 1.82) is 0 Å². The van der Waals surface area contributed by atoms with Gasteiger partial charge in [-0.2, -0.15) is 0 Å². The van der Waals surface area contributed by atoms with Gasteiger partial charge in [0, 0.05) is 26.2 Å². The van der Waals surface area contributed by atoms with Gasteiger partial charge in [0.2, 0.25) is 0 Å². The Bertz CT molecular complexity index is 1090. The van der Waals surface area contributed by atoms with E-state index in [9.17, 15) is 9.59 Å². The number of ether oxygens (including phenoxy) is 2. The molecule has 8 nitrogen and oxygen atoms in total. The number of amides is 2. The summed E-state index contributed by atoms with van der Waals surface area (Å²) in [4.78, 5) is 32.0. The van der Waals surface area contributed by atoms with Gasteiger partial charge in [-0.1, -0.05) is 0 Å². The Morgan fingerprint density at radius 3 is 2.97 bits per heavy atom. The number of methoxy groups -OCH3 is 1. The summed E-state index contributed by atoms with van der Waals surface area (Å²) < 4.78 is 12.9. The van der Waals surface area contributed by atoms with E-state index in [4.69, 9.17) is 14.5 Å². The maximum Gasteiger partial charge on any atom is 0.409 e. The lowest BCUT2D eigenvalue weighted by atomic mass is 10.1. The second kappa shape index (κ2) is 8.45. The van der Waals surface area contributed by atoms with Gasteiger partial charge < -0.3 is 24.1 Å². The van der Waals surface area contributed by atoms with Crippen LogP contribution in [0.5, 0.6) is 0 Å². The van der Waals surface area contributed by atoms with Crippen molar-refractivity contribution in [3.63, 3.8) is 0 Å². The van der Waals surface area contributed by atoms with Crippen LogP contribution in [0.3, 0.4) is 0 Å². The molecule has 3 aromatic heterocycles. The van der Waals surface area contributed by atoms with E-state index in [1.54, 1.807) is 11.9 Å². The molecule has 1 atom stereocenters. The molecule has 4 rings (SSSR count). The highest BCUT2D eigenvalue weighted by atomic mass is 32.1. The van der Waals surface area contributed by atoms with Crippen LogP contribution in [-0.4, -0.2) is 66.2 Å². The molecule has 1 fully saturated rings. The molecular weight excluding hydrogens is 404 g/mol. The minimum Gasteiger partial charge on any atom is -0.453 e. The Kier molecular flexibility index (Phi) is 5.74. The lowest BCUT2D eigenvalue weighted by Crippen LogP contribution is -2.46. The highest BCUT2D eigenvalue weighted by Crippen LogP contribution is 2.32. The van der Waals surface area contributed by atoms with E-state index in [0.29, 0.717) is 31.0 Å². The maximum absolute atomic E-state index is 12.0. The van der Waals surface area contributed by atoms with Crippen LogP contribution in [0.15, 0.2) is 30.5 Å². The highest BCUT2D eigenvalue weighted by molar-refractivity contribution is 7.17. The molecule has 1 aliphatic heterocycles. The Balaban J connectivity index is 1.71. The minimum atomic E-state index is -0.342. The van der Waals surface area contributed by atoms with Crippen molar-refractivity contribution in [3.8, 4) is 10.6 Å². The predicted octanol–water partition coefficient (Wildman–Crippen LogP) is 2.74. The molecule has 30 heavy (non-hydrogen) atoms. The summed E-state index contributed by atoms with van der Waals surface area (Å²) in [7, 11) is 3.01. The molecule has 0 aromatic carbocycles. The Morgan fingerprint density at radius 1 is 1.37 bits per heavy atom. The quantitative estimate of drug-likeness (QED) is 0.691. The first-order valence-corrected chi connectivity index (χ1v) is 10.6. The number of aromatic nitrogens is 2. The third-order valence-electron chi connectivity index (χ3n) is 5.16. The van der Waals surface area contributed by atoms with Crippen LogP contribution in [0.1, 0.15) is 20.9 Å². The second-order valence-corrected chi connectivity index (χ2v) is 8.28. The number of rotatable bonds is 4. The topological polar surface area (TPSA) is 85.2 Å². The van der Waals surface area contributed by atoms with Crippen LogP contribution >= 0.6 is 11.3 Å². The van der Waals surface area contributed by atoms with Crippen molar-refractivity contribution in [3.05, 3.63) is 46.6 Å². The van der Waals surface area contributed by atoms with Crippen LogP contribution in [0.2, 0.25) is 0 Å². The molecule has 158 valence electrons. The summed E-state index contributed by atoms with van der Waals surface area (Å²) in [6, 6.07) is 7.81. The Labute approximate surface area is 178 Å². The van der Waals surface area contributed by atoms with Gasteiger partial charge >= 0.3 is 6.09 Å². The van der Waals surface area contributed by atoms with Crippen molar-refractivity contribution in [2.75, 3.05) is 33.9 Å². The second-order valence-electron chi connectivity index (χ2n) is 7.20. The smallest absolute Gasteiger partial charge is 0.409 e. The number of aryl methyl sites for hydroxylation is 1. The zero-order valence-electron chi connectivity index (χ0n) is 17.2. The molecule has 1 aliphatic rings. The first-order valence-electron chi connectivity index (χ1n) is 9.74. The largest absolute Gasteiger partial charge is 0.453 e. The minimum absolute atomic E-state index is 0.114. The van der Waals surface area contributed by atoms with Gasteiger partial charge in [-0.15, -0.1) is 11.3 Å². The molecule has 3 aromatic rings. The number of carbonyl (C=O) groups is 2. The van der Waals surface area contributed by atoms with E-state index < -0.39 is 0 Å². The van der Waals surface area contributed by atoms with Crippen LogP contribution in [0, 0.1) is 6.92 Å². The molecule has 2 amide bonds. The highest BCUT2D eigenvalue weighted by Gasteiger charge is 2.28. The normalized spacial score (nSPS) is 16.6. The van der Waals surface area contributed by atoms with E-state index in [2.05, 4.69) is 9.72 Å². The fourth-order valence-electron chi connectivity index (χ4n) is 3.65. The number of hydrogen-bond acceptors (Lipinski definition) is 6. The summed E-state index contributed by atoms with van der Waals surface area (Å²) in [5.41, 5.74) is 3.79. The van der Waals surface area contributed by atoms with Gasteiger partial charge in [0.25, 0.3) is 5.91 Å². The fraction of sp³-hybridized carbons (Fsp3) is 0.381. The average Bonchev–Trinajstić information content (AvgIpc) is 3.38. The Hall–Kier alpha value is -2.91. The molecular formula is C21H24N4O4S. The number of morpholine rings is 1. The summed E-state index contributed by atoms with van der Waals surface area (Å²) in [5, 5.41) is 2.66. The summed E-state index contributed by atoms with van der Waals surface area (Å²) in [6.07, 6.45) is 2.08. The number of imidazole rings is 1. The van der Waals surface area contributed by atoms with Crippen molar-refractivity contribution in [2.45, 2.75) is 19.4 Å². The van der Waals surface area contributed by atoms with Crippen LogP contribution < -0.4 is 5.32 Å². The number of hydrogen-bond donors (Lipinski definition) is 1. The predicted molar refractivity (Wildman–Crippen MR) is 114 cm³/mol. The first-order chi connectivity index (χ1) is 14.5. The number of carbonyl (C=O) groups excluding carboxylic acids is 2. The fourth-order valence-corrected chi connectivity index (χ4v) is 4.62. The van der Waals surface area contributed by atoms with Crippen molar-refractivity contribution >= 4 is 29.0 Å². The summed E-state index contributed by atoms with van der Waals surface area (Å²) in [5.74, 6) is -0.114. The number of thiophene rings is 1. The van der Waals surface area contributed by atoms with Gasteiger partial charge in [-0.05, 0) is 36.8 Å². The number of nitrogens with one attached hydrogen (secondary N) is 1. The molecule has 0 bridgehead atoms. The van der Waals surface area contributed by atoms with Crippen LogP contribution in [0.25, 0.3) is 16.2 Å². The van der Waals surface area contributed by atoms with E-state index in [1.165, 1.54) is 18.4 Å². The molecule has 1 N–H and O–H groups in total. The van der Waals surface area contributed by atoms with Gasteiger partial charge in [-0.3, -0.25) is 4.79 Å². The SMILES string of the molecule is CNC(=O)c1ccc(-c2nc3cc(C)ccn3c2C[C@H]2CN(C(=O)OC)CCO2)s1. The number of pyridine rings is 1. The van der Waals surface area contributed by atoms with Crippen LogP contribution in [0.4, 0.5) is 4.79 Å². The average molecular weight is 429 g/mol. The van der Waals surface area contributed by atoms with E-state index in [0.717, 1.165) is 27.5 Å². The van der Waals surface area contributed by atoms with Gasteiger partial charge in [-0.25, -0.2) is 9.78 Å². The molecule has 0 radical (unpaired) electrons. The van der Waals surface area contributed by atoms with Crippen molar-refractivity contribution < 1.29 is 19.1 Å². The molecule has 1 saturated heterocycles. The zero-order valence-corrected chi connectivity index (χ0v) is 18.0. The maximum atomic E-state index is 12.0. The van der Waals surface area contributed by atoms with E-state index >= 15 is 0 Å². The summed E-state index contributed by atoms with van der Waals surface area (Å²) in [6.45, 7) is 3.47. The van der Waals surface area contributed by atoms with E-state index in [1.807, 2.05) is 37.4 Å². The van der Waals surface area contributed by atoms with Gasteiger partial charge in [0.1, 0.15) is 11.3 Å².